The van der Waals surface area contributed by atoms with Gasteiger partial charge in [0.1, 0.15) is 12.4 Å². The quantitative estimate of drug-likeness (QED) is 0.339. The molecule has 5 rings (SSSR count). The van der Waals surface area contributed by atoms with Crippen molar-refractivity contribution < 1.29 is 14.6 Å². The lowest BCUT2D eigenvalue weighted by Crippen LogP contribution is -2.29. The average Bonchev–Trinajstić information content (AvgIpc) is 3.28. The van der Waals surface area contributed by atoms with Crippen LogP contribution in [0.1, 0.15) is 27.5 Å². The number of carboxylic acids is 1. The van der Waals surface area contributed by atoms with E-state index in [1.807, 2.05) is 18.2 Å². The summed E-state index contributed by atoms with van der Waals surface area (Å²) in [5.41, 5.74) is 5.67. The number of aliphatic carboxylic acids is 1. The first-order valence-corrected chi connectivity index (χ1v) is 12.7. The minimum atomic E-state index is -1.22. The minimum Gasteiger partial charge on any atom is -0.546 e. The maximum atomic E-state index is 10.8. The molecular weight excluding hydrogens is 450 g/mol. The highest BCUT2D eigenvalue weighted by Gasteiger charge is 2.24. The van der Waals surface area contributed by atoms with Crippen LogP contribution in [-0.2, 0) is 17.6 Å². The van der Waals surface area contributed by atoms with Crippen LogP contribution in [0.5, 0.6) is 5.75 Å². The number of hydrogen-bond acceptors (Lipinski definition) is 6. The maximum Gasteiger partial charge on any atom is 0.150 e. The van der Waals surface area contributed by atoms with Gasteiger partial charge in [-0.25, -0.2) is 4.98 Å². The van der Waals surface area contributed by atoms with E-state index in [2.05, 4.69) is 60.7 Å². The number of benzene rings is 3. The van der Waals surface area contributed by atoms with Crippen molar-refractivity contribution in [3.8, 4) is 17.0 Å². The van der Waals surface area contributed by atoms with Crippen LogP contribution >= 0.6 is 23.1 Å². The maximum absolute atomic E-state index is 10.8. The molecule has 0 saturated heterocycles. The summed E-state index contributed by atoms with van der Waals surface area (Å²) in [6.45, 7) is -0.443. The Bertz CT molecular complexity index is 1220. The van der Waals surface area contributed by atoms with Crippen molar-refractivity contribution in [1.82, 2.24) is 4.98 Å². The highest BCUT2D eigenvalue weighted by Crippen LogP contribution is 2.43. The van der Waals surface area contributed by atoms with Crippen LogP contribution in [-0.4, -0.2) is 23.3 Å². The Morgan fingerprint density at radius 1 is 0.970 bits per heavy atom. The van der Waals surface area contributed by atoms with Crippen molar-refractivity contribution in [1.29, 1.82) is 0 Å². The molecule has 0 fully saturated rings. The van der Waals surface area contributed by atoms with E-state index < -0.39 is 12.6 Å². The summed E-state index contributed by atoms with van der Waals surface area (Å²) in [5, 5.41) is 10.8. The number of nitrogens with zero attached hydrogens (tertiary/aromatic N) is 1. The van der Waals surface area contributed by atoms with Gasteiger partial charge in [0.15, 0.2) is 4.34 Å². The number of carbonyl (C=O) groups is 1. The summed E-state index contributed by atoms with van der Waals surface area (Å²) in [6, 6.07) is 27.0. The molecule has 0 amide bonds. The lowest BCUT2D eigenvalue weighted by molar-refractivity contribution is -0.307. The van der Waals surface area contributed by atoms with Crippen molar-refractivity contribution in [2.45, 2.75) is 23.1 Å². The largest absolute Gasteiger partial charge is 0.546 e. The van der Waals surface area contributed by atoms with E-state index in [9.17, 15) is 9.90 Å². The van der Waals surface area contributed by atoms with Gasteiger partial charge in [-0.3, -0.25) is 0 Å². The van der Waals surface area contributed by atoms with Gasteiger partial charge in [-0.2, -0.15) is 0 Å². The molecule has 0 unspecified atom stereocenters. The first-order valence-electron chi connectivity index (χ1n) is 10.9. The van der Waals surface area contributed by atoms with Gasteiger partial charge in [0.25, 0.3) is 0 Å². The Balaban J connectivity index is 1.39. The van der Waals surface area contributed by atoms with Crippen LogP contribution < -0.4 is 9.84 Å². The number of ether oxygens (including phenoxy) is 1. The summed E-state index contributed by atoms with van der Waals surface area (Å²) >= 11 is 3.56. The van der Waals surface area contributed by atoms with E-state index in [1.165, 1.54) is 16.0 Å². The van der Waals surface area contributed by atoms with Crippen LogP contribution in [0.2, 0.25) is 0 Å². The van der Waals surface area contributed by atoms with Gasteiger partial charge in [-0.05, 0) is 30.0 Å². The predicted octanol–water partition coefficient (Wildman–Crippen LogP) is 4.96. The van der Waals surface area contributed by atoms with Gasteiger partial charge < -0.3 is 14.6 Å². The van der Waals surface area contributed by atoms with Gasteiger partial charge in [0.2, 0.25) is 0 Å². The Morgan fingerprint density at radius 2 is 1.67 bits per heavy atom. The molecule has 0 saturated carbocycles. The van der Waals surface area contributed by atoms with Crippen molar-refractivity contribution in [2.75, 3.05) is 12.4 Å². The molecule has 0 radical (unpaired) electrons. The smallest absolute Gasteiger partial charge is 0.150 e. The van der Waals surface area contributed by atoms with Crippen LogP contribution in [0.4, 0.5) is 0 Å². The normalized spacial score (nSPS) is 12.3. The second kappa shape index (κ2) is 9.81. The second-order valence-corrected chi connectivity index (χ2v) is 10.2. The fourth-order valence-electron chi connectivity index (χ4n) is 4.24. The lowest BCUT2D eigenvalue weighted by Gasteiger charge is -2.19. The molecule has 166 valence electrons. The standard InChI is InChI=1S/C27H23NO3S2/c29-25(30)16-31-23-13-7-12-21-20(23)14-15-24-26(21)28-27(33-24)32-17-22(18-8-3-1-4-9-18)19-10-5-2-6-11-19/h1-13,22H,14-17H2,(H,29,30)/p-1. The summed E-state index contributed by atoms with van der Waals surface area (Å²) in [5.74, 6) is 0.582. The first-order chi connectivity index (χ1) is 16.2. The molecule has 0 spiro atoms. The minimum absolute atomic E-state index is 0.287. The lowest BCUT2D eigenvalue weighted by atomic mass is 9.93. The monoisotopic (exact) mass is 472 g/mol. The zero-order valence-electron chi connectivity index (χ0n) is 17.9. The SMILES string of the molecule is O=C([O-])COc1cccc2c1CCc1sc(SCC(c3ccccc3)c3ccccc3)nc1-2. The van der Waals surface area contributed by atoms with Crippen LogP contribution in [0, 0.1) is 0 Å². The molecular formula is C27H22NO3S2-. The Labute approximate surface area is 201 Å². The third-order valence-corrected chi connectivity index (χ3v) is 8.14. The van der Waals surface area contributed by atoms with Gasteiger partial charge in [-0.1, -0.05) is 84.6 Å². The van der Waals surface area contributed by atoms with Gasteiger partial charge in [0.05, 0.1) is 11.7 Å². The third-order valence-electron chi connectivity index (χ3n) is 5.79. The average molecular weight is 473 g/mol. The van der Waals surface area contributed by atoms with E-state index in [0.29, 0.717) is 5.75 Å². The summed E-state index contributed by atoms with van der Waals surface area (Å²) in [4.78, 5) is 17.1. The molecule has 0 N–H and O–H groups in total. The molecule has 4 nitrogen and oxygen atoms in total. The molecule has 1 aliphatic carbocycles. The molecule has 3 aromatic carbocycles. The predicted molar refractivity (Wildman–Crippen MR) is 131 cm³/mol. The molecule has 1 aliphatic rings. The molecule has 1 aromatic heterocycles. The van der Waals surface area contributed by atoms with Crippen molar-refractivity contribution in [2.24, 2.45) is 0 Å². The molecule has 0 atom stereocenters. The number of carboxylic acid groups (broad SMARTS) is 1. The van der Waals surface area contributed by atoms with Crippen molar-refractivity contribution in [3.63, 3.8) is 0 Å². The van der Waals surface area contributed by atoms with Gasteiger partial charge in [-0.15, -0.1) is 11.3 Å². The zero-order chi connectivity index (χ0) is 22.6. The fourth-order valence-corrected chi connectivity index (χ4v) is 6.63. The van der Waals surface area contributed by atoms with E-state index in [4.69, 9.17) is 9.72 Å². The number of hydrogen-bond donors (Lipinski definition) is 0. The van der Waals surface area contributed by atoms with Crippen molar-refractivity contribution in [3.05, 3.63) is 100 Å². The number of aryl methyl sites for hydroxylation is 1. The number of fused-ring (bicyclic) bond motifs is 3. The van der Waals surface area contributed by atoms with E-state index >= 15 is 0 Å². The Hall–Kier alpha value is -3.09. The second-order valence-electron chi connectivity index (χ2n) is 7.88. The van der Waals surface area contributed by atoms with Crippen LogP contribution in [0.15, 0.2) is 83.2 Å². The molecule has 4 aromatic rings. The Morgan fingerprint density at radius 3 is 2.33 bits per heavy atom. The van der Waals surface area contributed by atoms with Gasteiger partial charge >= 0.3 is 0 Å². The number of rotatable bonds is 8. The van der Waals surface area contributed by atoms with Crippen molar-refractivity contribution >= 4 is 29.1 Å². The fraction of sp³-hybridized carbons (Fsp3) is 0.185. The van der Waals surface area contributed by atoms with E-state index in [1.54, 1.807) is 23.1 Å². The van der Waals surface area contributed by atoms with Gasteiger partial charge in [0, 0.05) is 27.7 Å². The third kappa shape index (κ3) is 4.82. The number of thiazole rings is 1. The first kappa shape index (κ1) is 21.7. The molecule has 0 bridgehead atoms. The van der Waals surface area contributed by atoms with E-state index in [-0.39, 0.29) is 5.92 Å². The summed E-state index contributed by atoms with van der Waals surface area (Å²) in [6.07, 6.45) is 1.70. The highest BCUT2D eigenvalue weighted by atomic mass is 32.2. The number of aromatic nitrogens is 1. The highest BCUT2D eigenvalue weighted by molar-refractivity contribution is 8.01. The molecule has 33 heavy (non-hydrogen) atoms. The Kier molecular flexibility index (Phi) is 6.46. The van der Waals surface area contributed by atoms with E-state index in [0.717, 1.165) is 39.8 Å². The molecule has 1 heterocycles. The summed E-state index contributed by atoms with van der Waals surface area (Å²) < 4.78 is 6.53. The number of carbonyl (C=O) groups excluding carboxylic acids is 1. The van der Waals surface area contributed by atoms with Crippen LogP contribution in [0.3, 0.4) is 0 Å². The summed E-state index contributed by atoms with van der Waals surface area (Å²) in [7, 11) is 0. The zero-order valence-corrected chi connectivity index (χ0v) is 19.5. The topological polar surface area (TPSA) is 62.2 Å². The molecule has 6 heteroatoms. The van der Waals surface area contributed by atoms with Crippen LogP contribution in [0.25, 0.3) is 11.3 Å². The molecule has 0 aliphatic heterocycles. The number of thioether (sulfide) groups is 1.